The monoisotopic (exact) mass is 378 g/mol. The molecule has 4 rings (SSSR count). The van der Waals surface area contributed by atoms with E-state index in [0.29, 0.717) is 21.7 Å². The summed E-state index contributed by atoms with van der Waals surface area (Å²) < 4.78 is 0. The first-order valence-corrected chi connectivity index (χ1v) is 9.03. The lowest BCUT2D eigenvalue weighted by Gasteiger charge is -2.16. The second-order valence-corrected chi connectivity index (χ2v) is 6.82. The zero-order chi connectivity index (χ0) is 18.8. The number of H-pyrrole nitrogens is 1. The summed E-state index contributed by atoms with van der Waals surface area (Å²) in [5.41, 5.74) is 1.99. The van der Waals surface area contributed by atoms with Gasteiger partial charge in [0.05, 0.1) is 20.8 Å². The minimum atomic E-state index is -0.507. The summed E-state index contributed by atoms with van der Waals surface area (Å²) in [7, 11) is 0. The van der Waals surface area contributed by atoms with Gasteiger partial charge >= 0.3 is 0 Å². The van der Waals surface area contributed by atoms with Crippen molar-refractivity contribution in [2.45, 2.75) is 6.04 Å². The lowest BCUT2D eigenvalue weighted by atomic mass is 10.1. The Kier molecular flexibility index (Phi) is 4.39. The van der Waals surface area contributed by atoms with E-state index in [1.54, 1.807) is 12.1 Å². The minimum absolute atomic E-state index is 0.0171. The number of aromatic nitrogens is 2. The molecule has 27 heavy (non-hydrogen) atoms. The van der Waals surface area contributed by atoms with Gasteiger partial charge in [-0.25, -0.2) is 4.98 Å². The zero-order valence-electron chi connectivity index (χ0n) is 14.0. The summed E-state index contributed by atoms with van der Waals surface area (Å²) in [6.45, 7) is 0. The summed E-state index contributed by atoms with van der Waals surface area (Å²) in [5, 5.41) is 15.8. The highest BCUT2D eigenvalue weighted by Gasteiger charge is 2.22. The minimum Gasteiger partial charge on any atom is -0.340 e. The summed E-state index contributed by atoms with van der Waals surface area (Å²) in [6.07, 6.45) is 0. The van der Waals surface area contributed by atoms with Crippen LogP contribution in [0.2, 0.25) is 0 Å². The Morgan fingerprint density at radius 3 is 2.67 bits per heavy atom. The Labute approximate surface area is 157 Å². The van der Waals surface area contributed by atoms with Gasteiger partial charge in [0.15, 0.2) is 0 Å². The van der Waals surface area contributed by atoms with E-state index in [1.807, 2.05) is 41.8 Å². The maximum Gasteiger partial charge on any atom is 0.271 e. The molecular formula is C19H14N4O3S. The summed E-state index contributed by atoms with van der Waals surface area (Å²) in [5.74, 6) is 0.312. The first kappa shape index (κ1) is 16.9. The first-order valence-electron chi connectivity index (χ1n) is 8.15. The number of benzene rings is 2. The Balaban J connectivity index is 1.75. The number of fused-ring (bicyclic) bond motifs is 1. The van der Waals surface area contributed by atoms with Crippen LogP contribution in [-0.4, -0.2) is 20.8 Å². The van der Waals surface area contributed by atoms with Gasteiger partial charge in [0.1, 0.15) is 11.9 Å². The molecule has 0 aliphatic carbocycles. The fraction of sp³-hybridized carbons (Fsp3) is 0.0526. The van der Waals surface area contributed by atoms with Gasteiger partial charge in [-0.05, 0) is 23.1 Å². The number of carbonyl (C=O) groups is 1. The topological polar surface area (TPSA) is 101 Å². The van der Waals surface area contributed by atoms with E-state index in [1.165, 1.54) is 23.5 Å². The third-order valence-corrected chi connectivity index (χ3v) is 4.99. The van der Waals surface area contributed by atoms with Gasteiger partial charge in [-0.3, -0.25) is 14.9 Å². The largest absolute Gasteiger partial charge is 0.340 e. The van der Waals surface area contributed by atoms with Gasteiger partial charge in [0.2, 0.25) is 0 Å². The summed E-state index contributed by atoms with van der Waals surface area (Å²) in [6, 6.07) is 17.0. The molecule has 0 aliphatic rings. The van der Waals surface area contributed by atoms with Gasteiger partial charge in [0.25, 0.3) is 11.6 Å². The normalized spacial score (nSPS) is 12.0. The third-order valence-electron chi connectivity index (χ3n) is 4.12. The molecule has 0 bridgehead atoms. The molecule has 8 heteroatoms. The van der Waals surface area contributed by atoms with Gasteiger partial charge in [-0.2, -0.15) is 0 Å². The van der Waals surface area contributed by atoms with Crippen molar-refractivity contribution in [3.05, 3.63) is 92.4 Å². The van der Waals surface area contributed by atoms with Crippen LogP contribution in [-0.2, 0) is 0 Å². The van der Waals surface area contributed by atoms with Gasteiger partial charge in [-0.1, -0.05) is 36.4 Å². The molecule has 1 unspecified atom stereocenters. The van der Waals surface area contributed by atoms with Crippen LogP contribution in [0.1, 0.15) is 27.1 Å². The average Bonchev–Trinajstić information content (AvgIpc) is 3.35. The summed E-state index contributed by atoms with van der Waals surface area (Å²) in [4.78, 5) is 31.4. The van der Waals surface area contributed by atoms with E-state index in [4.69, 9.17) is 0 Å². The number of rotatable bonds is 5. The predicted octanol–water partition coefficient (Wildman–Crippen LogP) is 4.05. The fourth-order valence-corrected chi connectivity index (χ4v) is 3.46. The van der Waals surface area contributed by atoms with E-state index >= 15 is 0 Å². The van der Waals surface area contributed by atoms with Crippen molar-refractivity contribution in [3.63, 3.8) is 0 Å². The molecular weight excluding hydrogens is 364 g/mol. The molecule has 4 aromatic rings. The van der Waals surface area contributed by atoms with Crippen molar-refractivity contribution in [2.24, 2.45) is 0 Å². The fourth-order valence-electron chi connectivity index (χ4n) is 2.83. The average molecular weight is 378 g/mol. The van der Waals surface area contributed by atoms with Crippen molar-refractivity contribution in [1.29, 1.82) is 0 Å². The van der Waals surface area contributed by atoms with Crippen LogP contribution in [0.25, 0.3) is 11.0 Å². The van der Waals surface area contributed by atoms with E-state index in [-0.39, 0.29) is 11.6 Å². The highest BCUT2D eigenvalue weighted by atomic mass is 32.1. The highest BCUT2D eigenvalue weighted by molar-refractivity contribution is 7.12. The van der Waals surface area contributed by atoms with Crippen LogP contribution in [0.15, 0.2) is 66.0 Å². The van der Waals surface area contributed by atoms with E-state index < -0.39 is 11.0 Å². The van der Waals surface area contributed by atoms with Gasteiger partial charge < -0.3 is 10.3 Å². The van der Waals surface area contributed by atoms with Crippen LogP contribution in [0, 0.1) is 10.1 Å². The molecule has 0 aliphatic heterocycles. The molecule has 0 saturated heterocycles. The predicted molar refractivity (Wildman–Crippen MR) is 103 cm³/mol. The number of carbonyl (C=O) groups excluding carboxylic acids is 1. The standard InChI is InChI=1S/C19H14N4O3S/c24-19(16-7-4-10-27-16)22-17(12-5-2-1-3-6-12)18-20-14-9-8-13(23(25)26)11-15(14)21-18/h1-11,17H,(H,20,21)(H,22,24). The molecule has 2 heterocycles. The van der Waals surface area contributed by atoms with Crippen LogP contribution >= 0.6 is 11.3 Å². The number of nitro groups is 1. The highest BCUT2D eigenvalue weighted by Crippen LogP contribution is 2.25. The molecule has 2 aromatic carbocycles. The smallest absolute Gasteiger partial charge is 0.271 e. The number of amides is 1. The van der Waals surface area contributed by atoms with Crippen molar-refractivity contribution < 1.29 is 9.72 Å². The maximum absolute atomic E-state index is 12.6. The lowest BCUT2D eigenvalue weighted by Crippen LogP contribution is -2.29. The van der Waals surface area contributed by atoms with Crippen LogP contribution in [0.4, 0.5) is 5.69 Å². The number of hydrogen-bond donors (Lipinski definition) is 2. The van der Waals surface area contributed by atoms with Gasteiger partial charge in [-0.15, -0.1) is 11.3 Å². The Morgan fingerprint density at radius 2 is 1.96 bits per heavy atom. The summed E-state index contributed by atoms with van der Waals surface area (Å²) >= 11 is 1.36. The number of nitrogens with zero attached hydrogens (tertiary/aromatic N) is 2. The van der Waals surface area contributed by atoms with E-state index in [2.05, 4.69) is 15.3 Å². The van der Waals surface area contributed by atoms with Crippen LogP contribution in [0.3, 0.4) is 0 Å². The number of non-ortho nitro benzene ring substituents is 1. The number of thiophene rings is 1. The number of nitrogens with one attached hydrogen (secondary N) is 2. The molecule has 0 radical (unpaired) electrons. The Bertz CT molecular complexity index is 1110. The SMILES string of the molecule is O=C(NC(c1ccccc1)c1nc2ccc([N+](=O)[O-])cc2[nH]1)c1cccs1. The molecule has 7 nitrogen and oxygen atoms in total. The number of nitro benzene ring substituents is 1. The lowest BCUT2D eigenvalue weighted by molar-refractivity contribution is -0.384. The number of aromatic amines is 1. The number of hydrogen-bond acceptors (Lipinski definition) is 5. The Morgan fingerprint density at radius 1 is 1.15 bits per heavy atom. The molecule has 1 atom stereocenters. The van der Waals surface area contributed by atoms with Crippen molar-refractivity contribution in [3.8, 4) is 0 Å². The van der Waals surface area contributed by atoms with E-state index in [9.17, 15) is 14.9 Å². The van der Waals surface area contributed by atoms with E-state index in [0.717, 1.165) is 5.56 Å². The van der Waals surface area contributed by atoms with Crippen molar-refractivity contribution >= 4 is 34.0 Å². The second-order valence-electron chi connectivity index (χ2n) is 5.88. The van der Waals surface area contributed by atoms with Crippen molar-refractivity contribution in [1.82, 2.24) is 15.3 Å². The quantitative estimate of drug-likeness (QED) is 0.404. The molecule has 2 N–H and O–H groups in total. The second kappa shape index (κ2) is 7.00. The molecule has 134 valence electrons. The number of imidazole rings is 1. The maximum atomic E-state index is 12.6. The van der Waals surface area contributed by atoms with Gasteiger partial charge in [0, 0.05) is 12.1 Å². The van der Waals surface area contributed by atoms with Crippen LogP contribution in [0.5, 0.6) is 0 Å². The molecule has 0 spiro atoms. The zero-order valence-corrected chi connectivity index (χ0v) is 14.8. The third kappa shape index (κ3) is 3.42. The first-order chi connectivity index (χ1) is 13.1. The molecule has 1 amide bonds. The Hall–Kier alpha value is -3.52. The molecule has 0 fully saturated rings. The van der Waals surface area contributed by atoms with Crippen molar-refractivity contribution in [2.75, 3.05) is 0 Å². The van der Waals surface area contributed by atoms with Crippen LogP contribution < -0.4 is 5.32 Å². The molecule has 2 aromatic heterocycles. The molecule has 0 saturated carbocycles.